The lowest BCUT2D eigenvalue weighted by Crippen LogP contribution is -2.17. The van der Waals surface area contributed by atoms with Crippen LogP contribution in [0.2, 0.25) is 0 Å². The van der Waals surface area contributed by atoms with Crippen molar-refractivity contribution in [1.82, 2.24) is 22.1 Å². The van der Waals surface area contributed by atoms with Gasteiger partial charge < -0.3 is 28.7 Å². The van der Waals surface area contributed by atoms with E-state index in [0.717, 1.165) is 17.1 Å². The molecule has 0 fully saturated rings. The van der Waals surface area contributed by atoms with E-state index < -0.39 is 17.7 Å². The van der Waals surface area contributed by atoms with Gasteiger partial charge in [0, 0.05) is 49.2 Å². The molecule has 9 nitrogen and oxygen atoms in total. The van der Waals surface area contributed by atoms with Crippen LogP contribution in [-0.4, -0.2) is 27.5 Å². The molecule has 0 saturated heterocycles. The van der Waals surface area contributed by atoms with Gasteiger partial charge in [-0.3, -0.25) is 19.3 Å². The highest BCUT2D eigenvalue weighted by atomic mass is 16.2. The van der Waals surface area contributed by atoms with Gasteiger partial charge in [-0.15, -0.1) is 0 Å². The first kappa shape index (κ1) is 23.9. The summed E-state index contributed by atoms with van der Waals surface area (Å²) < 4.78 is 0. The summed E-state index contributed by atoms with van der Waals surface area (Å²) in [5, 5.41) is 0. The van der Waals surface area contributed by atoms with E-state index in [1.54, 1.807) is 0 Å². The largest absolute Gasteiger partial charge is 0.366 e. The van der Waals surface area contributed by atoms with Crippen molar-refractivity contribution in [3.05, 3.63) is 62.4 Å². The van der Waals surface area contributed by atoms with E-state index in [1.807, 2.05) is 0 Å². The Balaban J connectivity index is -0.00000180. The average molecular weight is 310 g/mol. The predicted molar refractivity (Wildman–Crippen MR) is 84.9 cm³/mol. The summed E-state index contributed by atoms with van der Waals surface area (Å²) >= 11 is 0. The Bertz CT molecular complexity index is 464. The van der Waals surface area contributed by atoms with Crippen LogP contribution >= 0.6 is 0 Å². The first-order valence-corrected chi connectivity index (χ1v) is 5.39. The summed E-state index contributed by atoms with van der Waals surface area (Å²) in [4.78, 5) is 35.3. The van der Waals surface area contributed by atoms with E-state index >= 15 is 0 Å². The SMILES string of the molecule is C=CN(C=C)C(=O)C=CN(C=CC(N)=O)C=CC(N)=O.N.N. The Labute approximate surface area is 129 Å². The summed E-state index contributed by atoms with van der Waals surface area (Å²) in [7, 11) is 0. The molecule has 0 bridgehead atoms. The van der Waals surface area contributed by atoms with Gasteiger partial charge in [0.1, 0.15) is 0 Å². The fourth-order valence-corrected chi connectivity index (χ4v) is 0.959. The summed E-state index contributed by atoms with van der Waals surface area (Å²) in [6, 6.07) is 0. The number of hydrogen-bond acceptors (Lipinski definition) is 6. The van der Waals surface area contributed by atoms with Crippen LogP contribution in [0, 0.1) is 0 Å². The number of nitrogens with two attached hydrogens (primary N) is 2. The predicted octanol–water partition coefficient (Wildman–Crippen LogP) is 0.240. The van der Waals surface area contributed by atoms with E-state index in [2.05, 4.69) is 13.2 Å². The molecule has 122 valence electrons. The lowest BCUT2D eigenvalue weighted by Gasteiger charge is -2.11. The van der Waals surface area contributed by atoms with Crippen LogP contribution in [0.25, 0.3) is 0 Å². The van der Waals surface area contributed by atoms with Gasteiger partial charge in [0.05, 0.1) is 0 Å². The minimum absolute atomic E-state index is 0. The molecule has 0 aliphatic heterocycles. The molecule has 0 saturated carbocycles. The summed E-state index contributed by atoms with van der Waals surface area (Å²) in [5.74, 6) is -1.78. The topological polar surface area (TPSA) is 180 Å². The van der Waals surface area contributed by atoms with Crippen LogP contribution < -0.4 is 23.8 Å². The maximum absolute atomic E-state index is 11.6. The zero-order chi connectivity index (χ0) is 15.5. The van der Waals surface area contributed by atoms with E-state index in [1.165, 1.54) is 42.0 Å². The van der Waals surface area contributed by atoms with Crippen molar-refractivity contribution in [2.75, 3.05) is 0 Å². The van der Waals surface area contributed by atoms with Crippen molar-refractivity contribution in [2.24, 2.45) is 11.5 Å². The van der Waals surface area contributed by atoms with Gasteiger partial charge in [0.15, 0.2) is 0 Å². The Morgan fingerprint density at radius 2 is 1.14 bits per heavy atom. The van der Waals surface area contributed by atoms with E-state index in [4.69, 9.17) is 11.5 Å². The van der Waals surface area contributed by atoms with E-state index in [9.17, 15) is 14.4 Å². The van der Waals surface area contributed by atoms with E-state index in [-0.39, 0.29) is 12.3 Å². The average Bonchev–Trinajstić information content (AvgIpc) is 2.38. The molecule has 0 heterocycles. The fraction of sp³-hybridized carbons (Fsp3) is 0. The molecule has 0 aromatic carbocycles. The molecule has 0 spiro atoms. The second kappa shape index (κ2) is 12.8. The first-order valence-electron chi connectivity index (χ1n) is 5.39. The molecular formula is C13H22N6O3. The molecule has 3 amide bonds. The van der Waals surface area contributed by atoms with Crippen LogP contribution in [0.3, 0.4) is 0 Å². The number of amides is 3. The maximum atomic E-state index is 11.6. The Hall–Kier alpha value is -3.17. The number of carbonyl (C=O) groups is 3. The quantitative estimate of drug-likeness (QED) is 0.466. The van der Waals surface area contributed by atoms with Gasteiger partial charge in [-0.2, -0.15) is 0 Å². The van der Waals surface area contributed by atoms with Crippen LogP contribution in [-0.2, 0) is 14.4 Å². The Morgan fingerprint density at radius 1 is 0.773 bits per heavy atom. The Morgan fingerprint density at radius 3 is 1.45 bits per heavy atom. The second-order valence-corrected chi connectivity index (χ2v) is 3.31. The number of carbonyl (C=O) groups excluding carboxylic acids is 3. The summed E-state index contributed by atoms with van der Waals surface area (Å²) in [6.45, 7) is 6.87. The van der Waals surface area contributed by atoms with Gasteiger partial charge in [-0.05, 0) is 0 Å². The molecule has 0 aromatic heterocycles. The van der Waals surface area contributed by atoms with Crippen molar-refractivity contribution in [3.8, 4) is 0 Å². The molecule has 9 heteroatoms. The van der Waals surface area contributed by atoms with Crippen molar-refractivity contribution in [1.29, 1.82) is 0 Å². The first-order chi connectivity index (χ1) is 9.40. The molecule has 0 radical (unpaired) electrons. The van der Waals surface area contributed by atoms with Crippen molar-refractivity contribution >= 4 is 17.7 Å². The van der Waals surface area contributed by atoms with Crippen molar-refractivity contribution in [2.45, 2.75) is 0 Å². The molecule has 0 aromatic rings. The Kier molecular flexibility index (Phi) is 13.9. The van der Waals surface area contributed by atoms with Crippen LogP contribution in [0.4, 0.5) is 0 Å². The van der Waals surface area contributed by atoms with Gasteiger partial charge in [-0.25, -0.2) is 0 Å². The molecular weight excluding hydrogens is 288 g/mol. The highest BCUT2D eigenvalue weighted by Gasteiger charge is 2.01. The van der Waals surface area contributed by atoms with Crippen LogP contribution in [0.15, 0.2) is 62.4 Å². The number of nitrogens with zero attached hydrogens (tertiary/aromatic N) is 2. The second-order valence-electron chi connectivity index (χ2n) is 3.31. The third-order valence-corrected chi connectivity index (χ3v) is 1.86. The standard InChI is InChI=1S/C13H16N4O3.2H3N/c1-3-17(4-2)13(20)7-10-16(8-5-11(14)18)9-6-12(15)19;;/h3-10H,1-2H2,(H2,14,18)(H2,15,19);2*1H3. The number of hydrogen-bond donors (Lipinski definition) is 4. The summed E-state index contributed by atoms with van der Waals surface area (Å²) in [6.07, 6.45) is 9.68. The molecule has 0 unspecified atom stereocenters. The van der Waals surface area contributed by atoms with Crippen LogP contribution in [0.1, 0.15) is 0 Å². The van der Waals surface area contributed by atoms with Crippen LogP contribution in [0.5, 0.6) is 0 Å². The molecule has 0 rings (SSSR count). The van der Waals surface area contributed by atoms with Crippen molar-refractivity contribution < 1.29 is 14.4 Å². The lowest BCUT2D eigenvalue weighted by atomic mass is 10.4. The minimum atomic E-state index is -0.680. The van der Waals surface area contributed by atoms with Gasteiger partial charge >= 0.3 is 0 Å². The minimum Gasteiger partial charge on any atom is -0.366 e. The third kappa shape index (κ3) is 10.7. The van der Waals surface area contributed by atoms with E-state index in [0.29, 0.717) is 0 Å². The number of primary amides is 2. The van der Waals surface area contributed by atoms with Crippen molar-refractivity contribution in [3.63, 3.8) is 0 Å². The van der Waals surface area contributed by atoms with Gasteiger partial charge in [-0.1, -0.05) is 13.2 Å². The molecule has 0 aliphatic rings. The summed E-state index contributed by atoms with van der Waals surface area (Å²) in [5.41, 5.74) is 9.90. The number of rotatable bonds is 8. The van der Waals surface area contributed by atoms with Gasteiger partial charge in [0.25, 0.3) is 5.91 Å². The highest BCUT2D eigenvalue weighted by molar-refractivity contribution is 5.89. The molecule has 0 atom stereocenters. The van der Waals surface area contributed by atoms with Gasteiger partial charge in [0.2, 0.25) is 11.8 Å². The monoisotopic (exact) mass is 310 g/mol. The normalized spacial score (nSPS) is 9.82. The highest BCUT2D eigenvalue weighted by Crippen LogP contribution is 1.97. The zero-order valence-corrected chi connectivity index (χ0v) is 12.2. The third-order valence-electron chi connectivity index (χ3n) is 1.86. The zero-order valence-electron chi connectivity index (χ0n) is 12.2. The maximum Gasteiger partial charge on any atom is 0.255 e. The lowest BCUT2D eigenvalue weighted by molar-refractivity contribution is -0.121. The molecule has 0 aliphatic carbocycles. The molecule has 10 N–H and O–H groups in total. The molecule has 22 heavy (non-hydrogen) atoms. The fourth-order valence-electron chi connectivity index (χ4n) is 0.959. The smallest absolute Gasteiger partial charge is 0.255 e.